The zero-order valence-corrected chi connectivity index (χ0v) is 11.4. The number of nitrogens with one attached hydrogen (secondary N) is 2. The summed E-state index contributed by atoms with van der Waals surface area (Å²) in [6, 6.07) is 3.71. The van der Waals surface area contributed by atoms with E-state index < -0.39 is 15.8 Å². The second-order valence-electron chi connectivity index (χ2n) is 5.56. The van der Waals surface area contributed by atoms with Crippen LogP contribution in [-0.4, -0.2) is 20.4 Å². The van der Waals surface area contributed by atoms with Gasteiger partial charge in [-0.25, -0.2) is 22.5 Å². The summed E-state index contributed by atoms with van der Waals surface area (Å²) in [5.74, 6) is -0.385. The van der Waals surface area contributed by atoms with Crippen LogP contribution in [0.1, 0.15) is 20.3 Å². The van der Waals surface area contributed by atoms with Gasteiger partial charge in [0.2, 0.25) is 5.96 Å². The molecule has 1 aliphatic heterocycles. The van der Waals surface area contributed by atoms with E-state index in [0.717, 1.165) is 12.5 Å². The molecule has 102 valence electrons. The zero-order chi connectivity index (χ0) is 13.8. The molecule has 0 unspecified atom stereocenters. The van der Waals surface area contributed by atoms with Crippen LogP contribution in [0.2, 0.25) is 0 Å². The molecule has 1 heterocycles. The third-order valence-electron chi connectivity index (χ3n) is 3.46. The Balaban J connectivity index is 1.98. The first-order valence-corrected chi connectivity index (χ1v) is 7.43. The Morgan fingerprint density at radius 1 is 1.42 bits per heavy atom. The van der Waals surface area contributed by atoms with Gasteiger partial charge in [0, 0.05) is 0 Å². The lowest BCUT2D eigenvalue weighted by Crippen LogP contribution is -2.41. The number of benzene rings is 1. The second-order valence-corrected chi connectivity index (χ2v) is 7.21. The van der Waals surface area contributed by atoms with Crippen LogP contribution in [0, 0.1) is 11.2 Å². The van der Waals surface area contributed by atoms with Crippen molar-refractivity contribution in [2.24, 2.45) is 10.4 Å². The number of guanidine groups is 1. The lowest BCUT2D eigenvalue weighted by Gasteiger charge is -2.21. The highest BCUT2D eigenvalue weighted by Crippen LogP contribution is 2.47. The molecule has 1 saturated carbocycles. The van der Waals surface area contributed by atoms with E-state index in [-0.39, 0.29) is 22.3 Å². The molecule has 3 rings (SSSR count). The maximum absolute atomic E-state index is 13.1. The Morgan fingerprint density at radius 3 is 2.74 bits per heavy atom. The van der Waals surface area contributed by atoms with Crippen molar-refractivity contribution in [2.45, 2.75) is 31.2 Å². The van der Waals surface area contributed by atoms with Crippen LogP contribution in [-0.2, 0) is 10.0 Å². The summed E-state index contributed by atoms with van der Waals surface area (Å²) >= 11 is 0. The van der Waals surface area contributed by atoms with Crippen molar-refractivity contribution in [3.05, 3.63) is 24.0 Å². The van der Waals surface area contributed by atoms with Crippen LogP contribution in [0.5, 0.6) is 0 Å². The number of aliphatic imine (C=N–C) groups is 1. The Labute approximate surface area is 111 Å². The minimum Gasteiger partial charge on any atom is -0.324 e. The number of nitrogens with zero attached hydrogens (tertiary/aromatic N) is 1. The molecule has 1 aromatic carbocycles. The lowest BCUT2D eigenvalue weighted by atomic mass is 10.2. The topological polar surface area (TPSA) is 70.6 Å². The smallest absolute Gasteiger partial charge is 0.266 e. The number of sulfonamides is 1. The molecule has 0 bridgehead atoms. The van der Waals surface area contributed by atoms with Crippen molar-refractivity contribution < 1.29 is 12.8 Å². The first kappa shape index (κ1) is 12.4. The normalized spacial score (nSPS) is 28.2. The van der Waals surface area contributed by atoms with Crippen LogP contribution >= 0.6 is 0 Å². The standard InChI is InChI=1S/C12H14FN3O2S/c1-12(2)6-10(12)15-11-14-8-4-3-7(13)5-9(8)19(17,18)16-11/h3-5,10H,6H2,1-2H3,(H2,14,15,16)/t10-/m1/s1. The third kappa shape index (κ3) is 2.18. The zero-order valence-electron chi connectivity index (χ0n) is 10.6. The maximum Gasteiger partial charge on any atom is 0.266 e. The molecule has 0 radical (unpaired) electrons. The predicted molar refractivity (Wildman–Crippen MR) is 70.0 cm³/mol. The van der Waals surface area contributed by atoms with Crippen molar-refractivity contribution in [3.63, 3.8) is 0 Å². The highest BCUT2D eigenvalue weighted by Gasteiger charge is 2.46. The molecule has 1 aliphatic carbocycles. The van der Waals surface area contributed by atoms with E-state index in [9.17, 15) is 12.8 Å². The van der Waals surface area contributed by atoms with Crippen molar-refractivity contribution in [1.29, 1.82) is 0 Å². The summed E-state index contributed by atoms with van der Waals surface area (Å²) in [6.07, 6.45) is 0.927. The van der Waals surface area contributed by atoms with E-state index in [4.69, 9.17) is 0 Å². The Bertz CT molecular complexity index is 682. The second kappa shape index (κ2) is 3.69. The van der Waals surface area contributed by atoms with E-state index in [1.165, 1.54) is 12.1 Å². The number of anilines is 1. The molecular formula is C12H14FN3O2S. The average molecular weight is 283 g/mol. The van der Waals surface area contributed by atoms with Crippen LogP contribution < -0.4 is 10.0 Å². The van der Waals surface area contributed by atoms with Crippen LogP contribution in [0.25, 0.3) is 0 Å². The molecule has 0 aromatic heterocycles. The van der Waals surface area contributed by atoms with Crippen molar-refractivity contribution >= 4 is 21.7 Å². The van der Waals surface area contributed by atoms with Gasteiger partial charge in [-0.2, -0.15) is 0 Å². The fourth-order valence-electron chi connectivity index (χ4n) is 2.03. The van der Waals surface area contributed by atoms with Crippen LogP contribution in [0.3, 0.4) is 0 Å². The predicted octanol–water partition coefficient (Wildman–Crippen LogP) is 1.68. The summed E-state index contributed by atoms with van der Waals surface area (Å²) < 4.78 is 39.4. The number of hydrogen-bond donors (Lipinski definition) is 2. The van der Waals surface area contributed by atoms with Gasteiger partial charge in [0.15, 0.2) is 0 Å². The van der Waals surface area contributed by atoms with E-state index in [2.05, 4.69) is 28.9 Å². The molecular weight excluding hydrogens is 269 g/mol. The van der Waals surface area contributed by atoms with E-state index in [1.54, 1.807) is 0 Å². The Hall–Kier alpha value is -1.63. The highest BCUT2D eigenvalue weighted by atomic mass is 32.2. The largest absolute Gasteiger partial charge is 0.324 e. The number of fused-ring (bicyclic) bond motifs is 1. The van der Waals surface area contributed by atoms with Crippen molar-refractivity contribution in [3.8, 4) is 0 Å². The van der Waals surface area contributed by atoms with Gasteiger partial charge in [-0.15, -0.1) is 0 Å². The molecule has 1 aromatic rings. The van der Waals surface area contributed by atoms with Crippen molar-refractivity contribution in [1.82, 2.24) is 4.72 Å². The minimum absolute atomic E-state index is 0.0958. The molecule has 1 fully saturated rings. The molecule has 19 heavy (non-hydrogen) atoms. The van der Waals surface area contributed by atoms with Gasteiger partial charge in [0.25, 0.3) is 10.0 Å². The van der Waals surface area contributed by atoms with Gasteiger partial charge in [-0.3, -0.25) is 0 Å². The fraction of sp³-hybridized carbons (Fsp3) is 0.417. The quantitative estimate of drug-likeness (QED) is 0.824. The molecule has 2 aliphatic rings. The average Bonchev–Trinajstić information content (AvgIpc) is 2.86. The number of halogens is 1. The van der Waals surface area contributed by atoms with Gasteiger partial charge in [0.05, 0.1) is 11.7 Å². The Kier molecular flexibility index (Phi) is 2.41. The summed E-state index contributed by atoms with van der Waals surface area (Å²) in [7, 11) is -3.75. The van der Waals surface area contributed by atoms with Gasteiger partial charge in [-0.05, 0) is 30.0 Å². The summed E-state index contributed by atoms with van der Waals surface area (Å²) in [6.45, 7) is 4.14. The van der Waals surface area contributed by atoms with Gasteiger partial charge >= 0.3 is 0 Å². The molecule has 2 N–H and O–H groups in total. The molecule has 5 nitrogen and oxygen atoms in total. The van der Waals surface area contributed by atoms with E-state index >= 15 is 0 Å². The molecule has 7 heteroatoms. The first-order valence-electron chi connectivity index (χ1n) is 5.95. The summed E-state index contributed by atoms with van der Waals surface area (Å²) in [5.41, 5.74) is 0.459. The van der Waals surface area contributed by atoms with E-state index in [1.807, 2.05) is 0 Å². The maximum atomic E-state index is 13.1. The SMILES string of the molecule is CC1(C)C[C@H]1N=C1Nc2ccc(F)cc2S(=O)(=O)N1. The van der Waals surface area contributed by atoms with E-state index in [0.29, 0.717) is 5.69 Å². The van der Waals surface area contributed by atoms with Crippen molar-refractivity contribution in [2.75, 3.05) is 5.32 Å². The molecule has 1 atom stereocenters. The third-order valence-corrected chi connectivity index (χ3v) is 4.84. The van der Waals surface area contributed by atoms with Gasteiger partial charge in [0.1, 0.15) is 10.7 Å². The Morgan fingerprint density at radius 2 is 2.11 bits per heavy atom. The number of hydrogen-bond acceptors (Lipinski definition) is 3. The van der Waals surface area contributed by atoms with Crippen LogP contribution in [0.4, 0.5) is 10.1 Å². The summed E-state index contributed by atoms with van der Waals surface area (Å²) in [4.78, 5) is 4.24. The number of rotatable bonds is 1. The minimum atomic E-state index is -3.75. The molecule has 0 amide bonds. The van der Waals surface area contributed by atoms with Gasteiger partial charge in [-0.1, -0.05) is 13.8 Å². The highest BCUT2D eigenvalue weighted by molar-refractivity contribution is 7.90. The lowest BCUT2D eigenvalue weighted by molar-refractivity contribution is 0.586. The summed E-state index contributed by atoms with van der Waals surface area (Å²) in [5, 5.41) is 2.88. The monoisotopic (exact) mass is 283 g/mol. The van der Waals surface area contributed by atoms with Crippen LogP contribution in [0.15, 0.2) is 28.1 Å². The molecule has 0 spiro atoms. The molecule has 0 saturated heterocycles. The fourth-order valence-corrected chi connectivity index (χ4v) is 3.18. The van der Waals surface area contributed by atoms with Gasteiger partial charge < -0.3 is 5.32 Å². The first-order chi connectivity index (χ1) is 8.78.